The Morgan fingerprint density at radius 1 is 1.21 bits per heavy atom. The van der Waals surface area contributed by atoms with E-state index in [1.165, 1.54) is 22.6 Å². The van der Waals surface area contributed by atoms with Gasteiger partial charge in [-0.15, -0.1) is 11.8 Å². The lowest BCUT2D eigenvalue weighted by atomic mass is 9.97. The van der Waals surface area contributed by atoms with Crippen molar-refractivity contribution in [2.24, 2.45) is 5.92 Å². The Labute approximate surface area is 197 Å². The number of benzene rings is 2. The van der Waals surface area contributed by atoms with Gasteiger partial charge >= 0.3 is 0 Å². The van der Waals surface area contributed by atoms with Crippen LogP contribution in [0.25, 0.3) is 11.4 Å². The van der Waals surface area contributed by atoms with E-state index in [0.29, 0.717) is 36.9 Å². The summed E-state index contributed by atoms with van der Waals surface area (Å²) in [6.45, 7) is 4.86. The molecule has 6 nitrogen and oxygen atoms in total. The highest BCUT2D eigenvalue weighted by Gasteiger charge is 2.26. The van der Waals surface area contributed by atoms with E-state index in [2.05, 4.69) is 51.5 Å². The number of thioether (sulfide) groups is 1. The SMILES string of the molecule is Cc1ccc(SCCCNC(=O)C2CCCN(Cc3nc(-c4ccc(F)cc4)no3)C2)cc1. The first kappa shape index (κ1) is 23.4. The summed E-state index contributed by atoms with van der Waals surface area (Å²) < 4.78 is 18.5. The molecule has 2 heterocycles. The van der Waals surface area contributed by atoms with Gasteiger partial charge in [0, 0.05) is 23.5 Å². The maximum atomic E-state index is 13.1. The number of aryl methyl sites for hydroxylation is 1. The van der Waals surface area contributed by atoms with Gasteiger partial charge in [0.1, 0.15) is 5.82 Å². The number of aromatic nitrogens is 2. The summed E-state index contributed by atoms with van der Waals surface area (Å²) in [5.74, 6) is 1.72. The van der Waals surface area contributed by atoms with Crippen molar-refractivity contribution >= 4 is 17.7 Å². The number of nitrogens with zero attached hydrogens (tertiary/aromatic N) is 3. The van der Waals surface area contributed by atoms with E-state index in [1.54, 1.807) is 12.1 Å². The molecule has 1 fully saturated rings. The lowest BCUT2D eigenvalue weighted by molar-refractivity contribution is -0.126. The van der Waals surface area contributed by atoms with Crippen LogP contribution in [-0.4, -0.2) is 46.3 Å². The third kappa shape index (κ3) is 6.88. The molecule has 1 amide bonds. The Balaban J connectivity index is 1.19. The fourth-order valence-electron chi connectivity index (χ4n) is 3.89. The van der Waals surface area contributed by atoms with E-state index < -0.39 is 0 Å². The fraction of sp³-hybridized carbons (Fsp3) is 0.400. The normalized spacial score (nSPS) is 16.6. The molecule has 1 saturated heterocycles. The summed E-state index contributed by atoms with van der Waals surface area (Å²) in [5.41, 5.74) is 1.98. The van der Waals surface area contributed by atoms with Gasteiger partial charge in [0.25, 0.3) is 0 Å². The molecular formula is C25H29FN4O2S. The van der Waals surface area contributed by atoms with Crippen LogP contribution in [0, 0.1) is 18.7 Å². The summed E-state index contributed by atoms with van der Waals surface area (Å²) in [6, 6.07) is 14.5. The maximum absolute atomic E-state index is 13.1. The zero-order valence-corrected chi connectivity index (χ0v) is 19.6. The standard InChI is InChI=1S/C25H29FN4O2S/c1-18-5-11-22(12-6-18)33-15-3-13-27-25(31)20-4-2-14-30(16-20)17-23-28-24(29-32-23)19-7-9-21(26)10-8-19/h5-12,20H,2-4,13-17H2,1H3,(H,27,31). The third-order valence-electron chi connectivity index (χ3n) is 5.72. The predicted molar refractivity (Wildman–Crippen MR) is 127 cm³/mol. The maximum Gasteiger partial charge on any atom is 0.241 e. The number of likely N-dealkylation sites (tertiary alicyclic amines) is 1. The molecule has 1 unspecified atom stereocenters. The van der Waals surface area contributed by atoms with E-state index in [9.17, 15) is 9.18 Å². The minimum atomic E-state index is -0.301. The van der Waals surface area contributed by atoms with Crippen LogP contribution in [0.5, 0.6) is 0 Å². The fourth-order valence-corrected chi connectivity index (χ4v) is 4.75. The van der Waals surface area contributed by atoms with E-state index in [4.69, 9.17) is 4.52 Å². The van der Waals surface area contributed by atoms with Gasteiger partial charge in [0.15, 0.2) is 0 Å². The molecule has 1 atom stereocenters. The van der Waals surface area contributed by atoms with Crippen molar-refractivity contribution in [2.75, 3.05) is 25.4 Å². The van der Waals surface area contributed by atoms with Crippen LogP contribution in [0.2, 0.25) is 0 Å². The van der Waals surface area contributed by atoms with Gasteiger partial charge in [0.05, 0.1) is 12.5 Å². The molecule has 0 spiro atoms. The quantitative estimate of drug-likeness (QED) is 0.363. The lowest BCUT2D eigenvalue weighted by Crippen LogP contribution is -2.43. The highest BCUT2D eigenvalue weighted by Crippen LogP contribution is 2.21. The topological polar surface area (TPSA) is 71.3 Å². The van der Waals surface area contributed by atoms with Crippen LogP contribution in [0.1, 0.15) is 30.7 Å². The molecule has 1 N–H and O–H groups in total. The van der Waals surface area contributed by atoms with Crippen LogP contribution >= 0.6 is 11.8 Å². The van der Waals surface area contributed by atoms with Gasteiger partial charge in [-0.05, 0) is 74.9 Å². The zero-order valence-electron chi connectivity index (χ0n) is 18.8. The molecule has 8 heteroatoms. The molecule has 33 heavy (non-hydrogen) atoms. The molecule has 2 aromatic carbocycles. The molecule has 3 aromatic rings. The van der Waals surface area contributed by atoms with Crippen molar-refractivity contribution < 1.29 is 13.7 Å². The van der Waals surface area contributed by atoms with Crippen LogP contribution in [0.15, 0.2) is 57.9 Å². The average Bonchev–Trinajstić information content (AvgIpc) is 3.29. The van der Waals surface area contributed by atoms with Crippen LogP contribution < -0.4 is 5.32 Å². The first-order valence-electron chi connectivity index (χ1n) is 11.3. The Morgan fingerprint density at radius 2 is 2.00 bits per heavy atom. The van der Waals surface area contributed by atoms with Crippen molar-refractivity contribution in [3.05, 3.63) is 65.8 Å². The average molecular weight is 469 g/mol. The highest BCUT2D eigenvalue weighted by atomic mass is 32.2. The molecule has 0 radical (unpaired) electrons. The molecule has 1 aliphatic rings. The van der Waals surface area contributed by atoms with Crippen LogP contribution in [0.4, 0.5) is 4.39 Å². The Morgan fingerprint density at radius 3 is 2.79 bits per heavy atom. The van der Waals surface area contributed by atoms with E-state index >= 15 is 0 Å². The summed E-state index contributed by atoms with van der Waals surface area (Å²) in [5, 5.41) is 7.10. The van der Waals surface area contributed by atoms with E-state index in [0.717, 1.165) is 31.6 Å². The monoisotopic (exact) mass is 468 g/mol. The number of carbonyl (C=O) groups excluding carboxylic acids is 1. The number of nitrogens with one attached hydrogen (secondary N) is 1. The molecule has 1 aromatic heterocycles. The Hall–Kier alpha value is -2.71. The van der Waals surface area contributed by atoms with Gasteiger partial charge < -0.3 is 9.84 Å². The summed E-state index contributed by atoms with van der Waals surface area (Å²) in [4.78, 5) is 20.5. The second kappa shape index (κ2) is 11.4. The Bertz CT molecular complexity index is 1040. The summed E-state index contributed by atoms with van der Waals surface area (Å²) in [7, 11) is 0. The van der Waals surface area contributed by atoms with Gasteiger partial charge in [-0.25, -0.2) is 4.39 Å². The van der Waals surface area contributed by atoms with Gasteiger partial charge in [-0.3, -0.25) is 9.69 Å². The highest BCUT2D eigenvalue weighted by molar-refractivity contribution is 7.99. The zero-order chi connectivity index (χ0) is 23.0. The number of amides is 1. The number of rotatable bonds is 9. The molecular weight excluding hydrogens is 439 g/mol. The molecule has 0 bridgehead atoms. The molecule has 4 rings (SSSR count). The predicted octanol–water partition coefficient (Wildman–Crippen LogP) is 4.69. The van der Waals surface area contributed by atoms with Crippen molar-refractivity contribution in [2.45, 2.75) is 37.6 Å². The number of hydrogen-bond acceptors (Lipinski definition) is 6. The van der Waals surface area contributed by atoms with Crippen molar-refractivity contribution in [3.8, 4) is 11.4 Å². The molecule has 0 saturated carbocycles. The first-order valence-corrected chi connectivity index (χ1v) is 12.3. The Kier molecular flexibility index (Phi) is 8.12. The summed E-state index contributed by atoms with van der Waals surface area (Å²) in [6.07, 6.45) is 2.79. The second-order valence-electron chi connectivity index (χ2n) is 8.40. The minimum Gasteiger partial charge on any atom is -0.356 e. The van der Waals surface area contributed by atoms with Crippen molar-refractivity contribution in [1.29, 1.82) is 0 Å². The van der Waals surface area contributed by atoms with E-state index in [-0.39, 0.29) is 17.6 Å². The van der Waals surface area contributed by atoms with Gasteiger partial charge in [-0.2, -0.15) is 4.98 Å². The molecule has 174 valence electrons. The number of halogens is 1. The second-order valence-corrected chi connectivity index (χ2v) is 9.57. The van der Waals surface area contributed by atoms with Crippen LogP contribution in [0.3, 0.4) is 0 Å². The third-order valence-corrected chi connectivity index (χ3v) is 6.81. The largest absolute Gasteiger partial charge is 0.356 e. The van der Waals surface area contributed by atoms with Crippen LogP contribution in [-0.2, 0) is 11.3 Å². The number of carbonyl (C=O) groups is 1. The molecule has 0 aliphatic carbocycles. The minimum absolute atomic E-state index is 0.0250. The first-order chi connectivity index (χ1) is 16.1. The number of piperidine rings is 1. The molecule has 1 aliphatic heterocycles. The van der Waals surface area contributed by atoms with E-state index in [1.807, 2.05) is 11.8 Å². The van der Waals surface area contributed by atoms with Crippen molar-refractivity contribution in [3.63, 3.8) is 0 Å². The van der Waals surface area contributed by atoms with Crippen molar-refractivity contribution in [1.82, 2.24) is 20.4 Å². The lowest BCUT2D eigenvalue weighted by Gasteiger charge is -2.30. The van der Waals surface area contributed by atoms with Gasteiger partial charge in [0.2, 0.25) is 17.6 Å². The smallest absolute Gasteiger partial charge is 0.241 e. The summed E-state index contributed by atoms with van der Waals surface area (Å²) >= 11 is 1.82. The number of hydrogen-bond donors (Lipinski definition) is 1. The van der Waals surface area contributed by atoms with Gasteiger partial charge in [-0.1, -0.05) is 22.9 Å².